The van der Waals surface area contributed by atoms with Crippen molar-refractivity contribution in [1.29, 1.82) is 0 Å². The summed E-state index contributed by atoms with van der Waals surface area (Å²) in [4.78, 5) is 7.32. The van der Waals surface area contributed by atoms with E-state index in [1.807, 2.05) is 19.6 Å². The molecule has 2 heterocycles. The predicted molar refractivity (Wildman–Crippen MR) is 124 cm³/mol. The normalized spacial score (nSPS) is 18.6. The molecule has 23 heteroatoms. The first-order valence-corrected chi connectivity index (χ1v) is 17.3. The van der Waals surface area contributed by atoms with Crippen molar-refractivity contribution in [2.45, 2.75) is 0 Å². The van der Waals surface area contributed by atoms with E-state index < -0.39 is 63.5 Å². The SMILES string of the molecule is O=S(=O)([O-])CCN1CCN(CCS(=O)(=O)[O-])CC1.O=S(=O)([O-])CCN1CCN(CCS(=O)(=O)[O-])CC1.[Na+].[Na+].[Na+]. The van der Waals surface area contributed by atoms with Crippen LogP contribution in [0.4, 0.5) is 0 Å². The third-order valence-corrected chi connectivity index (χ3v) is 8.29. The Morgan fingerprint density at radius 1 is 0.359 bits per heavy atom. The molecule has 2 fully saturated rings. The number of nitrogens with zero attached hydrogens (tertiary/aromatic N) is 4. The van der Waals surface area contributed by atoms with Gasteiger partial charge in [-0.15, -0.1) is 0 Å². The zero-order valence-corrected chi connectivity index (χ0v) is 31.9. The molecule has 2 saturated heterocycles. The van der Waals surface area contributed by atoms with Crippen LogP contribution in [-0.4, -0.2) is 173 Å². The maximum atomic E-state index is 10.5. The van der Waals surface area contributed by atoms with Crippen molar-refractivity contribution in [3.8, 4) is 0 Å². The molecule has 16 nitrogen and oxygen atoms in total. The molecule has 216 valence electrons. The zero-order valence-electron chi connectivity index (χ0n) is 22.6. The fourth-order valence-electron chi connectivity index (χ4n) is 3.44. The number of hydrogen-bond acceptors (Lipinski definition) is 16. The van der Waals surface area contributed by atoms with Gasteiger partial charge in [-0.1, -0.05) is 0 Å². The molecule has 39 heavy (non-hydrogen) atoms. The molecule has 0 aromatic carbocycles. The summed E-state index contributed by atoms with van der Waals surface area (Å²) in [6.45, 7) is 5.29. The summed E-state index contributed by atoms with van der Waals surface area (Å²) in [6, 6.07) is 0. The maximum absolute atomic E-state index is 10.5. The van der Waals surface area contributed by atoms with E-state index in [1.54, 1.807) is 0 Å². The quantitative estimate of drug-likeness (QED) is 0.138. The van der Waals surface area contributed by atoms with Gasteiger partial charge < -0.3 is 18.2 Å². The minimum Gasteiger partial charge on any atom is -0.748 e. The van der Waals surface area contributed by atoms with Crippen LogP contribution in [0.1, 0.15) is 0 Å². The minimum absolute atomic E-state index is 0. The van der Waals surface area contributed by atoms with Crippen LogP contribution in [0.25, 0.3) is 0 Å². The smallest absolute Gasteiger partial charge is 0.748 e. The summed E-state index contributed by atoms with van der Waals surface area (Å²) in [5, 5.41) is 0. The molecule has 0 spiro atoms. The minimum atomic E-state index is -4.19. The first-order chi connectivity index (χ1) is 16.3. The van der Waals surface area contributed by atoms with Gasteiger partial charge >= 0.3 is 88.7 Å². The van der Waals surface area contributed by atoms with E-state index in [0.717, 1.165) is 0 Å². The van der Waals surface area contributed by atoms with Crippen LogP contribution >= 0.6 is 0 Å². The van der Waals surface area contributed by atoms with Crippen molar-refractivity contribution in [2.75, 3.05) is 102 Å². The third kappa shape index (κ3) is 27.7. The fourth-order valence-corrected chi connectivity index (χ4v) is 5.36. The average Bonchev–Trinajstić information content (AvgIpc) is 2.73. The Kier molecular flexibility index (Phi) is 25.0. The molecule has 0 unspecified atom stereocenters. The predicted octanol–water partition coefficient (Wildman–Crippen LogP) is -13.6. The van der Waals surface area contributed by atoms with Crippen molar-refractivity contribution in [3.63, 3.8) is 0 Å². The summed E-state index contributed by atoms with van der Waals surface area (Å²) >= 11 is 0. The topological polar surface area (TPSA) is 242 Å². The molecule has 0 atom stereocenters. The van der Waals surface area contributed by atoms with Gasteiger partial charge in [-0.2, -0.15) is 0 Å². The van der Waals surface area contributed by atoms with Gasteiger partial charge in [0.05, 0.1) is 63.5 Å². The Morgan fingerprint density at radius 2 is 0.487 bits per heavy atom. The molecule has 0 bridgehead atoms. The van der Waals surface area contributed by atoms with Gasteiger partial charge in [0, 0.05) is 78.5 Å². The summed E-state index contributed by atoms with van der Waals surface area (Å²) in [7, 11) is -16.8. The number of rotatable bonds is 12. The van der Waals surface area contributed by atoms with E-state index in [4.69, 9.17) is 0 Å². The Morgan fingerprint density at radius 3 is 0.590 bits per heavy atom. The standard InChI is InChI=1S/2C8H18N2O6S2.3Na/c2*11-17(12,13)7-5-9-1-2-10(4-3-9)6-8-18(14,15)16;;;/h2*1-8H2,(H,11,12,13)(H,14,15,16);;;/q;;3*+1/p-4. The second-order valence-electron chi connectivity index (χ2n) is 8.41. The fraction of sp³-hybridized carbons (Fsp3) is 1.00. The van der Waals surface area contributed by atoms with Crippen LogP contribution in [0.2, 0.25) is 0 Å². The Bertz CT molecular complexity index is 919. The van der Waals surface area contributed by atoms with Crippen molar-refractivity contribution in [3.05, 3.63) is 0 Å². The van der Waals surface area contributed by atoms with E-state index in [0.29, 0.717) is 52.4 Å². The van der Waals surface area contributed by atoms with Crippen molar-refractivity contribution >= 4 is 40.5 Å². The van der Waals surface area contributed by atoms with Crippen LogP contribution in [0.3, 0.4) is 0 Å². The van der Waals surface area contributed by atoms with Crippen LogP contribution in [0, 0.1) is 0 Å². The Balaban J connectivity index is -0.000000617. The van der Waals surface area contributed by atoms with Gasteiger partial charge in [0.15, 0.2) is 0 Å². The molecule has 0 radical (unpaired) electrons. The Labute approximate surface area is 298 Å². The molecular weight excluding hydrogens is 637 g/mol. The second-order valence-corrected chi connectivity index (χ2v) is 14.5. The molecule has 2 aliphatic rings. The molecule has 0 N–H and O–H groups in total. The molecular formula is C16H32N4Na3O12S4-. The summed E-state index contributed by atoms with van der Waals surface area (Å²) < 4.78 is 125. The van der Waals surface area contributed by atoms with Crippen molar-refractivity contribution in [1.82, 2.24) is 19.6 Å². The maximum Gasteiger partial charge on any atom is 1.00 e. The Hall–Kier alpha value is 2.48. The first kappa shape index (κ1) is 45.9. The molecule has 0 aliphatic carbocycles. The van der Waals surface area contributed by atoms with Gasteiger partial charge in [0.1, 0.15) is 0 Å². The van der Waals surface area contributed by atoms with Gasteiger partial charge in [-0.25, -0.2) is 33.7 Å². The monoisotopic (exact) mass is 669 g/mol. The van der Waals surface area contributed by atoms with Gasteiger partial charge in [-0.05, 0) is 0 Å². The average molecular weight is 670 g/mol. The molecule has 2 rings (SSSR count). The van der Waals surface area contributed by atoms with Crippen LogP contribution in [0.15, 0.2) is 0 Å². The first-order valence-electron chi connectivity index (χ1n) is 10.9. The van der Waals surface area contributed by atoms with Crippen molar-refractivity contribution in [2.24, 2.45) is 0 Å². The molecule has 0 aromatic heterocycles. The third-order valence-electron chi connectivity index (χ3n) is 5.56. The van der Waals surface area contributed by atoms with Crippen molar-refractivity contribution < 1.29 is 141 Å². The van der Waals surface area contributed by atoms with E-state index in [9.17, 15) is 51.9 Å². The summed E-state index contributed by atoms with van der Waals surface area (Å²) in [5.74, 6) is -1.66. The van der Waals surface area contributed by atoms with Gasteiger partial charge in [0.2, 0.25) is 0 Å². The van der Waals surface area contributed by atoms with E-state index >= 15 is 0 Å². The van der Waals surface area contributed by atoms with E-state index in [1.165, 1.54) is 0 Å². The van der Waals surface area contributed by atoms with Crippen LogP contribution in [-0.2, 0) is 40.5 Å². The number of hydrogen-bond donors (Lipinski definition) is 0. The zero-order chi connectivity index (χ0) is 27.6. The van der Waals surface area contributed by atoms with Gasteiger partial charge in [0.25, 0.3) is 0 Å². The molecule has 2 aliphatic heterocycles. The molecule has 0 amide bonds. The van der Waals surface area contributed by atoms with E-state index in [-0.39, 0.29) is 115 Å². The molecule has 0 aromatic rings. The van der Waals surface area contributed by atoms with Gasteiger partial charge in [-0.3, -0.25) is 19.6 Å². The van der Waals surface area contributed by atoms with Crippen LogP contribution < -0.4 is 88.7 Å². The summed E-state index contributed by atoms with van der Waals surface area (Å²) in [5.41, 5.74) is 0. The van der Waals surface area contributed by atoms with E-state index in [2.05, 4.69) is 0 Å². The molecule has 0 saturated carbocycles. The van der Waals surface area contributed by atoms with Crippen LogP contribution in [0.5, 0.6) is 0 Å². The summed E-state index contributed by atoms with van der Waals surface area (Å²) in [6.07, 6.45) is 0. The second kappa shape index (κ2) is 21.3. The number of piperazine rings is 2. The largest absolute Gasteiger partial charge is 1.00 e.